The van der Waals surface area contributed by atoms with Crippen LogP contribution in [0.2, 0.25) is 5.02 Å². The molecule has 2 N–H and O–H groups in total. The van der Waals surface area contributed by atoms with Crippen LogP contribution in [0.5, 0.6) is 5.75 Å². The number of aliphatic hydroxyl groups excluding tert-OH is 2. The van der Waals surface area contributed by atoms with Gasteiger partial charge < -0.3 is 38.6 Å². The van der Waals surface area contributed by atoms with E-state index in [0.29, 0.717) is 21.7 Å². The van der Waals surface area contributed by atoms with Crippen LogP contribution in [0, 0.1) is 0 Å². The number of ether oxygens (including phenoxy) is 6. The van der Waals surface area contributed by atoms with Crippen LogP contribution in [0.1, 0.15) is 33.4 Å². The van der Waals surface area contributed by atoms with E-state index in [9.17, 15) is 23.4 Å². The van der Waals surface area contributed by atoms with Gasteiger partial charge in [0.05, 0.1) is 33.0 Å². The van der Waals surface area contributed by atoms with E-state index in [1.54, 1.807) is 18.2 Å². The SMILES string of the molecule is CO[C@@]1(c2ccc(Cl)c(Cc3ccc(OC(F)(F)F)cc3)c2)OC(CO)(CO)[C@@H](OCc2ccccc2)C(OCc2ccccc2)[C@H]1OCc1ccccc1. The zero-order valence-corrected chi connectivity index (χ0v) is 30.8. The molecule has 0 saturated carbocycles. The van der Waals surface area contributed by atoms with Crippen molar-refractivity contribution in [2.24, 2.45) is 0 Å². The molecule has 5 aromatic carbocycles. The molecule has 0 aliphatic carbocycles. The molecule has 0 amide bonds. The quantitative estimate of drug-likeness (QED) is 0.104. The molecule has 0 spiro atoms. The molecule has 1 unspecified atom stereocenters. The van der Waals surface area contributed by atoms with Crippen molar-refractivity contribution in [1.29, 1.82) is 0 Å². The fraction of sp³-hybridized carbons (Fsp3) is 0.302. The first-order valence-corrected chi connectivity index (χ1v) is 18.0. The Balaban J connectivity index is 1.44. The summed E-state index contributed by atoms with van der Waals surface area (Å²) in [7, 11) is 1.44. The Morgan fingerprint density at radius 3 is 1.65 bits per heavy atom. The van der Waals surface area contributed by atoms with E-state index in [1.807, 2.05) is 91.0 Å². The van der Waals surface area contributed by atoms with Gasteiger partial charge in [0.25, 0.3) is 0 Å². The van der Waals surface area contributed by atoms with Crippen molar-refractivity contribution in [3.8, 4) is 5.75 Å². The first kappa shape index (κ1) is 40.4. The highest BCUT2D eigenvalue weighted by Crippen LogP contribution is 2.48. The van der Waals surface area contributed by atoms with Crippen LogP contribution in [0.3, 0.4) is 0 Å². The maximum Gasteiger partial charge on any atom is 0.573 e. The predicted octanol–water partition coefficient (Wildman–Crippen LogP) is 8.14. The van der Waals surface area contributed by atoms with E-state index in [4.69, 9.17) is 35.3 Å². The van der Waals surface area contributed by atoms with Crippen LogP contribution in [0.15, 0.2) is 133 Å². The van der Waals surface area contributed by atoms with Gasteiger partial charge >= 0.3 is 6.36 Å². The third-order valence-corrected chi connectivity index (χ3v) is 9.88. The fourth-order valence-corrected chi connectivity index (χ4v) is 6.94. The predicted molar refractivity (Wildman–Crippen MR) is 199 cm³/mol. The minimum absolute atomic E-state index is 0.102. The van der Waals surface area contributed by atoms with E-state index < -0.39 is 49.3 Å². The normalized spacial score (nSPS) is 21.0. The zero-order valence-electron chi connectivity index (χ0n) is 30.0. The topological polar surface area (TPSA) is 95.8 Å². The summed E-state index contributed by atoms with van der Waals surface area (Å²) < 4.78 is 75.8. The van der Waals surface area contributed by atoms with Gasteiger partial charge in [0.2, 0.25) is 5.79 Å². The second-order valence-corrected chi connectivity index (χ2v) is 13.6. The minimum Gasteiger partial charge on any atom is -0.406 e. The molecule has 1 saturated heterocycles. The first-order valence-electron chi connectivity index (χ1n) is 17.7. The van der Waals surface area contributed by atoms with Crippen molar-refractivity contribution in [2.75, 3.05) is 20.3 Å². The average molecular weight is 779 g/mol. The molecule has 1 aliphatic heterocycles. The third-order valence-electron chi connectivity index (χ3n) is 9.51. The van der Waals surface area contributed by atoms with Gasteiger partial charge in [0.1, 0.15) is 29.7 Å². The smallest absolute Gasteiger partial charge is 0.406 e. The maximum absolute atomic E-state index is 12.8. The Morgan fingerprint density at radius 2 is 1.16 bits per heavy atom. The molecule has 1 fully saturated rings. The summed E-state index contributed by atoms with van der Waals surface area (Å²) in [4.78, 5) is 0. The lowest BCUT2D eigenvalue weighted by Gasteiger charge is -2.56. The molecule has 1 aliphatic rings. The van der Waals surface area contributed by atoms with Gasteiger partial charge in [-0.3, -0.25) is 0 Å². The van der Waals surface area contributed by atoms with Crippen LogP contribution in [0.4, 0.5) is 13.2 Å². The van der Waals surface area contributed by atoms with Crippen molar-refractivity contribution < 1.29 is 51.8 Å². The van der Waals surface area contributed by atoms with Crippen LogP contribution in [-0.4, -0.2) is 60.8 Å². The Labute approximate surface area is 322 Å². The van der Waals surface area contributed by atoms with Gasteiger partial charge in [0.15, 0.2) is 0 Å². The summed E-state index contributed by atoms with van der Waals surface area (Å²) in [6.45, 7) is -1.04. The number of halogens is 4. The van der Waals surface area contributed by atoms with Crippen molar-refractivity contribution >= 4 is 11.6 Å². The summed E-state index contributed by atoms with van der Waals surface area (Å²) in [5, 5.41) is 22.7. The van der Waals surface area contributed by atoms with E-state index in [-0.39, 0.29) is 32.0 Å². The van der Waals surface area contributed by atoms with Gasteiger partial charge in [0, 0.05) is 17.7 Å². The van der Waals surface area contributed by atoms with Gasteiger partial charge in [-0.1, -0.05) is 121 Å². The largest absolute Gasteiger partial charge is 0.573 e. The minimum atomic E-state index is -4.82. The molecule has 4 atom stereocenters. The fourth-order valence-electron chi connectivity index (χ4n) is 6.75. The number of benzene rings is 5. The van der Waals surface area contributed by atoms with Crippen molar-refractivity contribution in [3.05, 3.63) is 172 Å². The second kappa shape index (κ2) is 18.1. The van der Waals surface area contributed by atoms with E-state index in [1.165, 1.54) is 31.4 Å². The lowest BCUT2D eigenvalue weighted by molar-refractivity contribution is -0.417. The number of aliphatic hydroxyl groups is 2. The molecule has 1 heterocycles. The summed E-state index contributed by atoms with van der Waals surface area (Å²) >= 11 is 6.74. The summed E-state index contributed by atoms with van der Waals surface area (Å²) in [5.41, 5.74) is 2.44. The molecule has 5 aromatic rings. The van der Waals surface area contributed by atoms with Crippen LogP contribution < -0.4 is 4.74 Å². The Kier molecular flexibility index (Phi) is 13.3. The molecule has 0 bridgehead atoms. The average Bonchev–Trinajstić information content (AvgIpc) is 3.20. The second-order valence-electron chi connectivity index (χ2n) is 13.2. The van der Waals surface area contributed by atoms with Gasteiger partial charge in [-0.2, -0.15) is 0 Å². The maximum atomic E-state index is 12.8. The van der Waals surface area contributed by atoms with Gasteiger partial charge in [-0.15, -0.1) is 13.2 Å². The highest BCUT2D eigenvalue weighted by atomic mass is 35.5. The zero-order chi connectivity index (χ0) is 38.9. The van der Waals surface area contributed by atoms with Gasteiger partial charge in [-0.25, -0.2) is 0 Å². The summed E-state index contributed by atoms with van der Waals surface area (Å²) in [5.74, 6) is -2.18. The monoisotopic (exact) mass is 778 g/mol. The molecule has 8 nitrogen and oxygen atoms in total. The van der Waals surface area contributed by atoms with Crippen LogP contribution in [-0.2, 0) is 55.7 Å². The summed E-state index contributed by atoms with van der Waals surface area (Å²) in [6, 6.07) is 39.1. The number of alkyl halides is 3. The number of hydrogen-bond donors (Lipinski definition) is 2. The molecule has 290 valence electrons. The highest BCUT2D eigenvalue weighted by molar-refractivity contribution is 6.31. The first-order chi connectivity index (χ1) is 26.6. The summed E-state index contributed by atoms with van der Waals surface area (Å²) in [6.07, 6.45) is -7.78. The number of hydrogen-bond acceptors (Lipinski definition) is 8. The number of rotatable bonds is 16. The standard InChI is InChI=1S/C43H42ClF3O8/c1-50-42(35-19-22-37(44)34(24-35)23-30-17-20-36(21-18-30)54-43(45,46)47)40(53-27-33-15-9-4-10-16-33)38(51-25-31-11-5-2-6-12-31)39(41(28-48,29-49)55-42)52-26-32-13-7-3-8-14-32/h2-22,24,38-40,48-49H,23,25-29H2,1H3/t38?,39-,40+,42-/m0/s1. The molecular formula is C43H42ClF3O8. The van der Waals surface area contributed by atoms with E-state index in [2.05, 4.69) is 4.74 Å². The highest BCUT2D eigenvalue weighted by Gasteiger charge is 2.64. The Hall–Kier alpha value is -4.30. The molecule has 12 heteroatoms. The lowest BCUT2D eigenvalue weighted by Crippen LogP contribution is -2.72. The van der Waals surface area contributed by atoms with Crippen molar-refractivity contribution in [2.45, 2.75) is 62.3 Å². The van der Waals surface area contributed by atoms with E-state index in [0.717, 1.165) is 16.7 Å². The van der Waals surface area contributed by atoms with E-state index >= 15 is 0 Å². The van der Waals surface area contributed by atoms with Crippen LogP contribution in [0.25, 0.3) is 0 Å². The van der Waals surface area contributed by atoms with Crippen molar-refractivity contribution in [3.63, 3.8) is 0 Å². The van der Waals surface area contributed by atoms with Crippen molar-refractivity contribution in [1.82, 2.24) is 0 Å². The molecule has 6 rings (SSSR count). The van der Waals surface area contributed by atoms with Crippen LogP contribution >= 0.6 is 11.6 Å². The Morgan fingerprint density at radius 1 is 0.655 bits per heavy atom. The van der Waals surface area contributed by atoms with Gasteiger partial charge in [-0.05, 0) is 58.5 Å². The molecule has 0 radical (unpaired) electrons. The molecule has 0 aromatic heterocycles. The number of methoxy groups -OCH3 is 1. The lowest BCUT2D eigenvalue weighted by atomic mass is 9.80. The Bertz CT molecular complexity index is 1930. The third kappa shape index (κ3) is 9.75. The molecular weight excluding hydrogens is 737 g/mol. The molecule has 55 heavy (non-hydrogen) atoms.